The van der Waals surface area contributed by atoms with Crippen molar-refractivity contribution in [3.63, 3.8) is 0 Å². The summed E-state index contributed by atoms with van der Waals surface area (Å²) in [6, 6.07) is 14.6. The Kier molecular flexibility index (Phi) is 8.80. The number of carbonyl (C=O) groups excluding carboxylic acids is 3. The van der Waals surface area contributed by atoms with Gasteiger partial charge >= 0.3 is 0 Å². The van der Waals surface area contributed by atoms with Gasteiger partial charge in [0.2, 0.25) is 5.91 Å². The molecule has 2 aliphatic carbocycles. The minimum absolute atomic E-state index is 0.115. The molecule has 0 saturated heterocycles. The zero-order valence-corrected chi connectivity index (χ0v) is 25.6. The number of hydrogen-bond donors (Lipinski definition) is 5. The molecule has 13 heteroatoms. The Morgan fingerprint density at radius 2 is 1.61 bits per heavy atom. The molecular formula is C31H38N6O6S. The molecule has 2 aliphatic rings. The lowest BCUT2D eigenvalue weighted by atomic mass is 9.66. The maximum Gasteiger partial charge on any atom is 0.261 e. The lowest BCUT2D eigenvalue weighted by Crippen LogP contribution is -2.67. The first kappa shape index (κ1) is 31.2. The summed E-state index contributed by atoms with van der Waals surface area (Å²) in [7, 11) is -2.09. The van der Waals surface area contributed by atoms with Crippen LogP contribution in [0.15, 0.2) is 71.8 Å². The summed E-state index contributed by atoms with van der Waals surface area (Å²) in [6.45, 7) is 2.07. The number of nitrogens with zero attached hydrogens (tertiary/aromatic N) is 2. The van der Waals surface area contributed by atoms with E-state index in [1.807, 2.05) is 0 Å². The van der Waals surface area contributed by atoms with Gasteiger partial charge in [-0.25, -0.2) is 8.42 Å². The van der Waals surface area contributed by atoms with Gasteiger partial charge in [-0.3, -0.25) is 23.8 Å². The number of rotatable bonds is 12. The number of aliphatic hydroxyl groups is 1. The molecule has 5 N–H and O–H groups in total. The SMILES string of the molecule is Cn1ccc(NC(=O)C(O)C2(NC(=O)C(CC3(C)CCC3)NC(=O)c3ccc(NS(=O)(=O)c4ccccc4)cc3)CCC2)n1. The summed E-state index contributed by atoms with van der Waals surface area (Å²) < 4.78 is 29.3. The van der Waals surface area contributed by atoms with Gasteiger partial charge in [-0.1, -0.05) is 31.5 Å². The third-order valence-corrected chi connectivity index (χ3v) is 10.1. The molecule has 2 aromatic carbocycles. The maximum absolute atomic E-state index is 13.7. The average Bonchev–Trinajstić information content (AvgIpc) is 3.37. The smallest absolute Gasteiger partial charge is 0.261 e. The van der Waals surface area contributed by atoms with Crippen LogP contribution in [0.4, 0.5) is 11.5 Å². The van der Waals surface area contributed by atoms with Crippen molar-refractivity contribution < 1.29 is 27.9 Å². The first-order valence-corrected chi connectivity index (χ1v) is 16.2. The molecule has 5 rings (SSSR count). The number of amides is 3. The standard InChI is InChI=1S/C31H38N6O6S/c1-30(15-6-16-30)20-24(28(40)34-31(17-7-18-31)26(38)29(41)33-25-14-19-37(2)35-25)32-27(39)21-10-12-22(13-11-21)36-44(42,43)23-8-4-3-5-9-23/h3-5,8-14,19,24,26,36,38H,6-7,15-18,20H2,1-2H3,(H,32,39)(H,34,40)(H,33,35,41). The van der Waals surface area contributed by atoms with Crippen LogP contribution < -0.4 is 20.7 Å². The van der Waals surface area contributed by atoms with Crippen LogP contribution in [0.1, 0.15) is 62.2 Å². The zero-order chi connectivity index (χ0) is 31.5. The molecular weight excluding hydrogens is 584 g/mol. The molecule has 1 heterocycles. The number of aliphatic hydroxyl groups excluding tert-OH is 1. The van der Waals surface area contributed by atoms with Crippen molar-refractivity contribution in [1.82, 2.24) is 20.4 Å². The van der Waals surface area contributed by atoms with Crippen molar-refractivity contribution in [2.45, 2.75) is 74.4 Å². The van der Waals surface area contributed by atoms with E-state index in [2.05, 4.69) is 32.7 Å². The number of aryl methyl sites for hydroxylation is 1. The molecule has 12 nitrogen and oxygen atoms in total. The minimum Gasteiger partial charge on any atom is -0.381 e. The molecule has 44 heavy (non-hydrogen) atoms. The van der Waals surface area contributed by atoms with Crippen LogP contribution in [0, 0.1) is 5.41 Å². The van der Waals surface area contributed by atoms with Crippen LogP contribution in [0.25, 0.3) is 0 Å². The number of aromatic nitrogens is 2. The first-order chi connectivity index (χ1) is 20.9. The van der Waals surface area contributed by atoms with Gasteiger partial charge in [-0.2, -0.15) is 5.10 Å². The highest BCUT2D eigenvalue weighted by atomic mass is 32.2. The number of carbonyl (C=O) groups is 3. The fourth-order valence-corrected chi connectivity index (χ4v) is 6.80. The number of benzene rings is 2. The normalized spacial score (nSPS) is 18.1. The molecule has 0 bridgehead atoms. The van der Waals surface area contributed by atoms with Gasteiger partial charge in [0.1, 0.15) is 6.04 Å². The Hall–Kier alpha value is -4.23. The molecule has 234 valence electrons. The summed E-state index contributed by atoms with van der Waals surface area (Å²) in [6.07, 6.45) is 4.97. The highest BCUT2D eigenvalue weighted by molar-refractivity contribution is 7.92. The summed E-state index contributed by atoms with van der Waals surface area (Å²) in [5.74, 6) is -1.35. The highest BCUT2D eigenvalue weighted by Gasteiger charge is 2.49. The van der Waals surface area contributed by atoms with E-state index in [0.29, 0.717) is 25.1 Å². The summed E-state index contributed by atoms with van der Waals surface area (Å²) in [5, 5.41) is 23.5. The second-order valence-corrected chi connectivity index (χ2v) is 13.8. The maximum atomic E-state index is 13.7. The van der Waals surface area contributed by atoms with Crippen LogP contribution in [0.3, 0.4) is 0 Å². The molecule has 1 aromatic heterocycles. The van der Waals surface area contributed by atoms with E-state index in [0.717, 1.165) is 25.7 Å². The Morgan fingerprint density at radius 1 is 0.955 bits per heavy atom. The monoisotopic (exact) mass is 622 g/mol. The molecule has 2 atom stereocenters. The predicted molar refractivity (Wildman–Crippen MR) is 164 cm³/mol. The number of hydrogen-bond acceptors (Lipinski definition) is 7. The lowest BCUT2D eigenvalue weighted by Gasteiger charge is -2.46. The molecule has 0 aliphatic heterocycles. The summed E-state index contributed by atoms with van der Waals surface area (Å²) >= 11 is 0. The van der Waals surface area contributed by atoms with E-state index in [1.54, 1.807) is 37.5 Å². The Bertz CT molecular complexity index is 1610. The quantitative estimate of drug-likeness (QED) is 0.207. The predicted octanol–water partition coefficient (Wildman–Crippen LogP) is 2.94. The van der Waals surface area contributed by atoms with Gasteiger partial charge in [0.15, 0.2) is 11.9 Å². The van der Waals surface area contributed by atoms with Crippen molar-refractivity contribution in [2.24, 2.45) is 12.5 Å². The second-order valence-electron chi connectivity index (χ2n) is 12.2. The van der Waals surface area contributed by atoms with Crippen LogP contribution >= 0.6 is 0 Å². The van der Waals surface area contributed by atoms with Gasteiger partial charge in [0.05, 0.1) is 10.4 Å². The van der Waals surface area contributed by atoms with Gasteiger partial charge in [0, 0.05) is 30.6 Å². The van der Waals surface area contributed by atoms with Gasteiger partial charge in [0.25, 0.3) is 21.8 Å². The van der Waals surface area contributed by atoms with Gasteiger partial charge < -0.3 is 21.1 Å². The van der Waals surface area contributed by atoms with E-state index < -0.39 is 45.4 Å². The second kappa shape index (κ2) is 12.4. The molecule has 0 radical (unpaired) electrons. The van der Waals surface area contributed by atoms with E-state index in [-0.39, 0.29) is 21.6 Å². The van der Waals surface area contributed by atoms with Crippen molar-refractivity contribution in [1.29, 1.82) is 0 Å². The summed E-state index contributed by atoms with van der Waals surface area (Å²) in [5.41, 5.74) is -0.753. The average molecular weight is 623 g/mol. The fourth-order valence-electron chi connectivity index (χ4n) is 5.72. The van der Waals surface area contributed by atoms with E-state index >= 15 is 0 Å². The molecule has 2 saturated carbocycles. The summed E-state index contributed by atoms with van der Waals surface area (Å²) in [4.78, 5) is 40.0. The van der Waals surface area contributed by atoms with Crippen LogP contribution in [-0.2, 0) is 26.7 Å². The fraction of sp³-hybridized carbons (Fsp3) is 0.419. The minimum atomic E-state index is -3.79. The van der Waals surface area contributed by atoms with Gasteiger partial charge in [-0.15, -0.1) is 0 Å². The van der Waals surface area contributed by atoms with Crippen molar-refractivity contribution >= 4 is 39.3 Å². The molecule has 2 unspecified atom stereocenters. The van der Waals surface area contributed by atoms with E-state index in [9.17, 15) is 27.9 Å². The number of sulfonamides is 1. The lowest BCUT2D eigenvalue weighted by molar-refractivity contribution is -0.137. The molecule has 2 fully saturated rings. The van der Waals surface area contributed by atoms with Crippen LogP contribution in [0.5, 0.6) is 0 Å². The Morgan fingerprint density at radius 3 is 2.16 bits per heavy atom. The Balaban J connectivity index is 1.27. The van der Waals surface area contributed by atoms with Gasteiger partial charge in [-0.05, 0) is 80.3 Å². The first-order valence-electron chi connectivity index (χ1n) is 14.7. The molecule has 3 amide bonds. The zero-order valence-electron chi connectivity index (χ0n) is 24.7. The molecule has 3 aromatic rings. The van der Waals surface area contributed by atoms with Crippen molar-refractivity contribution in [2.75, 3.05) is 10.0 Å². The van der Waals surface area contributed by atoms with Crippen molar-refractivity contribution in [3.8, 4) is 0 Å². The highest BCUT2D eigenvalue weighted by Crippen LogP contribution is 2.44. The van der Waals surface area contributed by atoms with E-state index in [1.165, 1.54) is 41.1 Å². The molecule has 0 spiro atoms. The van der Waals surface area contributed by atoms with Crippen LogP contribution in [0.2, 0.25) is 0 Å². The Labute approximate surface area is 256 Å². The van der Waals surface area contributed by atoms with E-state index in [4.69, 9.17) is 0 Å². The topological polar surface area (TPSA) is 172 Å². The van der Waals surface area contributed by atoms with Crippen LogP contribution in [-0.4, -0.2) is 58.7 Å². The largest absolute Gasteiger partial charge is 0.381 e. The third kappa shape index (κ3) is 6.94. The number of anilines is 2. The third-order valence-electron chi connectivity index (χ3n) is 8.69. The number of nitrogens with one attached hydrogen (secondary N) is 4. The van der Waals surface area contributed by atoms with Crippen molar-refractivity contribution in [3.05, 3.63) is 72.4 Å².